The Balaban J connectivity index is 1.39. The van der Waals surface area contributed by atoms with E-state index in [0.717, 1.165) is 48.3 Å². The molecule has 0 spiro atoms. The van der Waals surface area contributed by atoms with Crippen molar-refractivity contribution < 1.29 is 9.90 Å². The van der Waals surface area contributed by atoms with Gasteiger partial charge in [-0.15, -0.1) is 0 Å². The van der Waals surface area contributed by atoms with Crippen molar-refractivity contribution in [2.24, 2.45) is 0 Å². The van der Waals surface area contributed by atoms with Gasteiger partial charge in [-0.05, 0) is 42.6 Å². The molecule has 1 unspecified atom stereocenters. The summed E-state index contributed by atoms with van der Waals surface area (Å²) in [6, 6.07) is 21.1. The molecule has 1 heterocycles. The van der Waals surface area contributed by atoms with Crippen LogP contribution in [0.25, 0.3) is 10.8 Å². The summed E-state index contributed by atoms with van der Waals surface area (Å²) in [6.45, 7) is 5.33. The Morgan fingerprint density at radius 3 is 2.36 bits per heavy atom. The number of rotatable bonds is 4. The van der Waals surface area contributed by atoms with Gasteiger partial charge in [-0.25, -0.2) is 0 Å². The predicted molar refractivity (Wildman–Crippen MR) is 114 cm³/mol. The Labute approximate surface area is 165 Å². The molecule has 4 rings (SSSR count). The molecule has 28 heavy (non-hydrogen) atoms. The molecular weight excluding hydrogens is 350 g/mol. The van der Waals surface area contributed by atoms with Crippen LogP contribution in [-0.4, -0.2) is 48.1 Å². The molecule has 0 radical (unpaired) electrons. The van der Waals surface area contributed by atoms with Gasteiger partial charge in [-0.3, -0.25) is 9.69 Å². The van der Waals surface area contributed by atoms with E-state index in [9.17, 15) is 9.90 Å². The molecule has 3 aromatic carbocycles. The van der Waals surface area contributed by atoms with Crippen molar-refractivity contribution in [3.05, 3.63) is 66.7 Å². The summed E-state index contributed by atoms with van der Waals surface area (Å²) in [4.78, 5) is 17.4. The average molecular weight is 375 g/mol. The maximum absolute atomic E-state index is 12.9. The second kappa shape index (κ2) is 7.90. The third kappa shape index (κ3) is 3.80. The first-order valence-electron chi connectivity index (χ1n) is 9.68. The van der Waals surface area contributed by atoms with Gasteiger partial charge < -0.3 is 15.3 Å². The number of anilines is 2. The molecule has 3 aromatic rings. The number of benzene rings is 3. The lowest BCUT2D eigenvalue weighted by Gasteiger charge is -2.38. The molecule has 1 amide bonds. The van der Waals surface area contributed by atoms with E-state index in [-0.39, 0.29) is 17.7 Å². The van der Waals surface area contributed by atoms with Crippen LogP contribution in [0.2, 0.25) is 0 Å². The first-order chi connectivity index (χ1) is 13.6. The Morgan fingerprint density at radius 2 is 1.61 bits per heavy atom. The highest BCUT2D eigenvalue weighted by molar-refractivity contribution is 6.03. The minimum Gasteiger partial charge on any atom is -0.508 e. The third-order valence-corrected chi connectivity index (χ3v) is 5.50. The smallest absolute Gasteiger partial charge is 0.241 e. The predicted octanol–water partition coefficient (Wildman–Crippen LogP) is 3.69. The maximum Gasteiger partial charge on any atom is 0.241 e. The summed E-state index contributed by atoms with van der Waals surface area (Å²) >= 11 is 0. The average Bonchev–Trinajstić information content (AvgIpc) is 2.74. The van der Waals surface area contributed by atoms with Crippen molar-refractivity contribution in [3.63, 3.8) is 0 Å². The fourth-order valence-corrected chi connectivity index (χ4v) is 3.77. The van der Waals surface area contributed by atoms with Crippen LogP contribution in [0.15, 0.2) is 66.7 Å². The van der Waals surface area contributed by atoms with Crippen LogP contribution in [0.1, 0.15) is 6.92 Å². The van der Waals surface area contributed by atoms with Gasteiger partial charge in [0.05, 0.1) is 6.04 Å². The monoisotopic (exact) mass is 375 g/mol. The van der Waals surface area contributed by atoms with E-state index in [1.807, 2.05) is 49.4 Å². The van der Waals surface area contributed by atoms with E-state index in [1.165, 1.54) is 0 Å². The van der Waals surface area contributed by atoms with Gasteiger partial charge in [0, 0.05) is 42.9 Å². The van der Waals surface area contributed by atoms with Crippen LogP contribution in [0.4, 0.5) is 11.4 Å². The molecule has 0 bridgehead atoms. The van der Waals surface area contributed by atoms with E-state index in [4.69, 9.17) is 0 Å². The summed E-state index contributed by atoms with van der Waals surface area (Å²) in [5.74, 6) is 0.301. The van der Waals surface area contributed by atoms with Gasteiger partial charge in [0.25, 0.3) is 0 Å². The first-order valence-corrected chi connectivity index (χ1v) is 9.68. The minimum absolute atomic E-state index is 0.0226. The van der Waals surface area contributed by atoms with Gasteiger partial charge in [0.1, 0.15) is 5.75 Å². The Morgan fingerprint density at radius 1 is 0.929 bits per heavy atom. The lowest BCUT2D eigenvalue weighted by Crippen LogP contribution is -2.52. The molecule has 2 N–H and O–H groups in total. The second-order valence-corrected chi connectivity index (χ2v) is 7.23. The molecule has 1 aliphatic heterocycles. The lowest BCUT2D eigenvalue weighted by atomic mass is 10.1. The van der Waals surface area contributed by atoms with Gasteiger partial charge >= 0.3 is 0 Å². The number of hydrogen-bond donors (Lipinski definition) is 2. The maximum atomic E-state index is 12.9. The molecule has 1 aliphatic rings. The standard InChI is InChI=1S/C23H25N3O2/c1-17(23(28)24-22-8-4-6-18-5-2-3-7-21(18)22)25-13-15-26(16-14-25)19-9-11-20(27)12-10-19/h2-12,17,27H,13-16H2,1H3,(H,24,28). The van der Waals surface area contributed by atoms with Crippen molar-refractivity contribution >= 4 is 28.1 Å². The van der Waals surface area contributed by atoms with Gasteiger partial charge in [-0.1, -0.05) is 36.4 Å². The number of nitrogens with zero attached hydrogens (tertiary/aromatic N) is 2. The SMILES string of the molecule is CC(C(=O)Nc1cccc2ccccc12)N1CCN(c2ccc(O)cc2)CC1. The summed E-state index contributed by atoms with van der Waals surface area (Å²) in [5, 5.41) is 14.7. The number of aromatic hydroxyl groups is 1. The van der Waals surface area contributed by atoms with Crippen molar-refractivity contribution in [3.8, 4) is 5.75 Å². The van der Waals surface area contributed by atoms with Crippen LogP contribution in [0, 0.1) is 0 Å². The minimum atomic E-state index is -0.194. The summed E-state index contributed by atoms with van der Waals surface area (Å²) < 4.78 is 0. The van der Waals surface area contributed by atoms with Crippen LogP contribution in [0.5, 0.6) is 5.75 Å². The number of phenolic OH excluding ortho intramolecular Hbond substituents is 1. The Bertz CT molecular complexity index is 958. The molecule has 1 saturated heterocycles. The van der Waals surface area contributed by atoms with E-state index in [2.05, 4.69) is 27.2 Å². The zero-order valence-electron chi connectivity index (χ0n) is 16.0. The normalized spacial score (nSPS) is 16.1. The van der Waals surface area contributed by atoms with Gasteiger partial charge in [0.2, 0.25) is 5.91 Å². The number of hydrogen-bond acceptors (Lipinski definition) is 4. The quantitative estimate of drug-likeness (QED) is 0.730. The summed E-state index contributed by atoms with van der Waals surface area (Å²) in [6.07, 6.45) is 0. The number of amides is 1. The number of nitrogens with one attached hydrogen (secondary N) is 1. The van der Waals surface area contributed by atoms with Gasteiger partial charge in [-0.2, -0.15) is 0 Å². The topological polar surface area (TPSA) is 55.8 Å². The molecule has 144 valence electrons. The lowest BCUT2D eigenvalue weighted by molar-refractivity contribution is -0.120. The van der Waals surface area contributed by atoms with Crippen LogP contribution >= 0.6 is 0 Å². The fourth-order valence-electron chi connectivity index (χ4n) is 3.77. The van der Waals surface area contributed by atoms with Crippen LogP contribution < -0.4 is 10.2 Å². The molecule has 0 aliphatic carbocycles. The van der Waals surface area contributed by atoms with Crippen molar-refractivity contribution in [1.29, 1.82) is 0 Å². The highest BCUT2D eigenvalue weighted by Crippen LogP contribution is 2.24. The zero-order chi connectivity index (χ0) is 19.5. The number of carbonyl (C=O) groups excluding carboxylic acids is 1. The highest BCUT2D eigenvalue weighted by Gasteiger charge is 2.26. The summed E-state index contributed by atoms with van der Waals surface area (Å²) in [7, 11) is 0. The Kier molecular flexibility index (Phi) is 5.17. The van der Waals surface area contributed by atoms with E-state index < -0.39 is 0 Å². The first kappa shape index (κ1) is 18.3. The number of phenols is 1. The van der Waals surface area contributed by atoms with Gasteiger partial charge in [0.15, 0.2) is 0 Å². The van der Waals surface area contributed by atoms with Crippen LogP contribution in [0.3, 0.4) is 0 Å². The number of fused-ring (bicyclic) bond motifs is 1. The van der Waals surface area contributed by atoms with Crippen LogP contribution in [-0.2, 0) is 4.79 Å². The number of carbonyl (C=O) groups is 1. The molecular formula is C23H25N3O2. The van der Waals surface area contributed by atoms with Crippen molar-refractivity contribution in [2.45, 2.75) is 13.0 Å². The van der Waals surface area contributed by atoms with E-state index in [1.54, 1.807) is 12.1 Å². The molecule has 5 heteroatoms. The summed E-state index contributed by atoms with van der Waals surface area (Å²) in [5.41, 5.74) is 1.96. The molecule has 5 nitrogen and oxygen atoms in total. The Hall–Kier alpha value is -3.05. The third-order valence-electron chi connectivity index (χ3n) is 5.50. The second-order valence-electron chi connectivity index (χ2n) is 7.23. The van der Waals surface area contributed by atoms with Crippen molar-refractivity contribution in [1.82, 2.24) is 4.90 Å². The largest absolute Gasteiger partial charge is 0.508 e. The molecule has 1 fully saturated rings. The fraction of sp³-hybridized carbons (Fsp3) is 0.261. The highest BCUT2D eigenvalue weighted by atomic mass is 16.3. The number of piperazine rings is 1. The van der Waals surface area contributed by atoms with Crippen molar-refractivity contribution in [2.75, 3.05) is 36.4 Å². The molecule has 1 atom stereocenters. The zero-order valence-corrected chi connectivity index (χ0v) is 16.0. The van der Waals surface area contributed by atoms with E-state index in [0.29, 0.717) is 0 Å². The van der Waals surface area contributed by atoms with E-state index >= 15 is 0 Å². The molecule has 0 saturated carbocycles. The molecule has 0 aromatic heterocycles.